The van der Waals surface area contributed by atoms with Crippen LogP contribution in [-0.4, -0.2) is 61.3 Å². The first kappa shape index (κ1) is 31.0. The van der Waals surface area contributed by atoms with E-state index in [0.717, 1.165) is 11.1 Å². The Morgan fingerprint density at radius 1 is 1.02 bits per heavy atom. The van der Waals surface area contributed by atoms with E-state index in [2.05, 4.69) is 10.5 Å². The van der Waals surface area contributed by atoms with Gasteiger partial charge >= 0.3 is 12.1 Å². The van der Waals surface area contributed by atoms with Crippen molar-refractivity contribution in [3.05, 3.63) is 60.4 Å². The first-order valence-corrected chi connectivity index (χ1v) is 16.1. The first-order chi connectivity index (χ1) is 19.1. The Hall–Kier alpha value is -3.49. The van der Waals surface area contributed by atoms with E-state index in [1.165, 1.54) is 40.6 Å². The van der Waals surface area contributed by atoms with Gasteiger partial charge in [0.25, 0.3) is 10.0 Å². The van der Waals surface area contributed by atoms with Crippen LogP contribution in [0, 0.1) is 12.8 Å². The lowest BCUT2D eigenvalue weighted by Crippen LogP contribution is -2.31. The maximum absolute atomic E-state index is 12.6. The molecule has 214 valence electrons. The van der Waals surface area contributed by atoms with E-state index in [9.17, 15) is 22.8 Å². The molecule has 0 bridgehead atoms. The largest absolute Gasteiger partial charge is 0.481 e. The molecule has 14 heteroatoms. The monoisotopic (exact) mass is 607 g/mol. The van der Waals surface area contributed by atoms with Crippen molar-refractivity contribution >= 4 is 49.6 Å². The highest BCUT2D eigenvalue weighted by Crippen LogP contribution is 2.34. The van der Waals surface area contributed by atoms with Gasteiger partial charge in [-0.1, -0.05) is 76.1 Å². The van der Waals surface area contributed by atoms with E-state index in [1.807, 2.05) is 35.1 Å². The number of amides is 2. The molecule has 2 aromatic carbocycles. The highest BCUT2D eigenvalue weighted by Gasteiger charge is 2.21. The van der Waals surface area contributed by atoms with Crippen molar-refractivity contribution in [3.8, 4) is 22.4 Å². The molecule has 0 saturated heterocycles. The number of aliphatic carboxylic acids is 1. The zero-order valence-corrected chi connectivity index (χ0v) is 24.2. The maximum Gasteiger partial charge on any atom is 0.421 e. The third-order valence-electron chi connectivity index (χ3n) is 5.48. The van der Waals surface area contributed by atoms with Crippen molar-refractivity contribution in [2.24, 2.45) is 5.92 Å². The van der Waals surface area contributed by atoms with Gasteiger partial charge < -0.3 is 19.7 Å². The van der Waals surface area contributed by atoms with Gasteiger partial charge in [-0.2, -0.15) is 0 Å². The van der Waals surface area contributed by atoms with Crippen LogP contribution in [0.4, 0.5) is 4.79 Å². The second-order valence-electron chi connectivity index (χ2n) is 8.53. The van der Waals surface area contributed by atoms with Gasteiger partial charge in [-0.15, -0.1) is 0 Å². The molecule has 3 N–H and O–H groups in total. The third-order valence-corrected chi connectivity index (χ3v) is 9.18. The SMILES string of the molecule is Cc1onc(-c2ccc(S(=O)(=O)NC(=O)OCCSSCCNC(=O)CC(C)C(=O)O)cc2)c1-c1ccccc1. The summed E-state index contributed by atoms with van der Waals surface area (Å²) in [6, 6.07) is 15.5. The Kier molecular flexibility index (Phi) is 11.5. The van der Waals surface area contributed by atoms with Crippen molar-refractivity contribution < 1.29 is 37.2 Å². The van der Waals surface area contributed by atoms with E-state index in [4.69, 9.17) is 14.4 Å². The number of carboxylic acid groups (broad SMARTS) is 1. The average molecular weight is 608 g/mol. The molecule has 1 unspecified atom stereocenters. The summed E-state index contributed by atoms with van der Waals surface area (Å²) < 4.78 is 37.5. The van der Waals surface area contributed by atoms with Crippen LogP contribution in [0.1, 0.15) is 19.1 Å². The summed E-state index contributed by atoms with van der Waals surface area (Å²) in [6.07, 6.45) is -1.17. The molecular weight excluding hydrogens is 579 g/mol. The number of rotatable bonds is 14. The van der Waals surface area contributed by atoms with Gasteiger partial charge in [-0.25, -0.2) is 17.9 Å². The van der Waals surface area contributed by atoms with Crippen LogP contribution in [0.15, 0.2) is 64.0 Å². The van der Waals surface area contributed by atoms with E-state index in [1.54, 1.807) is 19.1 Å². The van der Waals surface area contributed by atoms with Gasteiger partial charge in [0.05, 0.1) is 16.4 Å². The molecule has 0 spiro atoms. The number of hydrogen-bond donors (Lipinski definition) is 3. The molecule has 3 rings (SSSR count). The predicted octanol–water partition coefficient (Wildman–Crippen LogP) is 4.34. The molecule has 0 aliphatic heterocycles. The Morgan fingerprint density at radius 2 is 1.70 bits per heavy atom. The topological polar surface area (TPSA) is 165 Å². The van der Waals surface area contributed by atoms with Crippen molar-refractivity contribution in [1.82, 2.24) is 15.2 Å². The van der Waals surface area contributed by atoms with Gasteiger partial charge in [0, 0.05) is 30.0 Å². The number of carbonyl (C=O) groups excluding carboxylic acids is 2. The zero-order valence-electron chi connectivity index (χ0n) is 21.8. The number of sulfonamides is 1. The molecule has 40 heavy (non-hydrogen) atoms. The van der Waals surface area contributed by atoms with Crippen LogP contribution >= 0.6 is 21.6 Å². The summed E-state index contributed by atoms with van der Waals surface area (Å²) in [5.74, 6) is -0.502. The Balaban J connectivity index is 1.41. The fourth-order valence-electron chi connectivity index (χ4n) is 3.46. The number of hydrogen-bond acceptors (Lipinski definition) is 10. The summed E-state index contributed by atoms with van der Waals surface area (Å²) >= 11 is 0. The number of ether oxygens (including phenoxy) is 1. The molecule has 3 aromatic rings. The normalized spacial score (nSPS) is 11.9. The molecular formula is C26H29N3O8S3. The highest BCUT2D eigenvalue weighted by molar-refractivity contribution is 8.76. The minimum Gasteiger partial charge on any atom is -0.481 e. The summed E-state index contributed by atoms with van der Waals surface area (Å²) in [4.78, 5) is 34.3. The number of carbonyl (C=O) groups is 3. The summed E-state index contributed by atoms with van der Waals surface area (Å²) in [5.41, 5.74) is 2.96. The second kappa shape index (κ2) is 14.8. The molecule has 2 amide bonds. The van der Waals surface area contributed by atoms with Gasteiger partial charge in [-0.3, -0.25) is 9.59 Å². The van der Waals surface area contributed by atoms with Crippen molar-refractivity contribution in [1.29, 1.82) is 0 Å². The van der Waals surface area contributed by atoms with Crippen molar-refractivity contribution in [2.45, 2.75) is 25.2 Å². The van der Waals surface area contributed by atoms with Crippen LogP contribution in [0.5, 0.6) is 0 Å². The fourth-order valence-corrected chi connectivity index (χ4v) is 6.08. The molecule has 0 fully saturated rings. The smallest absolute Gasteiger partial charge is 0.421 e. The number of nitrogens with one attached hydrogen (secondary N) is 2. The molecule has 0 saturated carbocycles. The standard InChI is InChI=1S/C26H29N3O8S3/c1-17(25(31)32)16-22(30)27-12-14-38-39-15-13-36-26(33)29-40(34,35)21-10-8-20(9-11-21)24-23(18(2)37-28-24)19-6-4-3-5-7-19/h3-11,17H,12-16H2,1-2H3,(H,27,30)(H,29,33)(H,31,32). The maximum atomic E-state index is 12.6. The molecule has 1 heterocycles. The highest BCUT2D eigenvalue weighted by atomic mass is 33.1. The first-order valence-electron chi connectivity index (χ1n) is 12.1. The Morgan fingerprint density at radius 3 is 2.38 bits per heavy atom. The van der Waals surface area contributed by atoms with Gasteiger partial charge in [0.15, 0.2) is 0 Å². The lowest BCUT2D eigenvalue weighted by molar-refractivity contribution is -0.143. The van der Waals surface area contributed by atoms with E-state index in [-0.39, 0.29) is 23.8 Å². The molecule has 11 nitrogen and oxygen atoms in total. The quantitative estimate of drug-likeness (QED) is 0.176. The van der Waals surface area contributed by atoms with Crippen molar-refractivity contribution in [3.63, 3.8) is 0 Å². The summed E-state index contributed by atoms with van der Waals surface area (Å²) in [6.45, 7) is 3.61. The second-order valence-corrected chi connectivity index (χ2v) is 12.9. The number of carboxylic acids is 1. The average Bonchev–Trinajstić information content (AvgIpc) is 3.31. The lowest BCUT2D eigenvalue weighted by Gasteiger charge is -2.09. The minimum atomic E-state index is -4.15. The van der Waals surface area contributed by atoms with Crippen molar-refractivity contribution in [2.75, 3.05) is 24.7 Å². The van der Waals surface area contributed by atoms with E-state index in [0.29, 0.717) is 35.1 Å². The van der Waals surface area contributed by atoms with Gasteiger partial charge in [0.1, 0.15) is 18.1 Å². The van der Waals surface area contributed by atoms with Gasteiger partial charge in [-0.05, 0) is 24.6 Å². The zero-order chi connectivity index (χ0) is 29.1. The molecule has 0 aliphatic rings. The number of aromatic nitrogens is 1. The van der Waals surface area contributed by atoms with Crippen LogP contribution < -0.4 is 10.0 Å². The lowest BCUT2D eigenvalue weighted by atomic mass is 10.00. The van der Waals surface area contributed by atoms with Gasteiger partial charge in [0.2, 0.25) is 5.91 Å². The molecule has 1 atom stereocenters. The van der Waals surface area contributed by atoms with Crippen LogP contribution in [-0.2, 0) is 24.3 Å². The number of nitrogens with zero attached hydrogens (tertiary/aromatic N) is 1. The van der Waals surface area contributed by atoms with Crippen LogP contribution in [0.2, 0.25) is 0 Å². The molecule has 0 radical (unpaired) electrons. The Labute approximate surface area is 239 Å². The minimum absolute atomic E-state index is 0.0196. The van der Waals surface area contributed by atoms with Crippen LogP contribution in [0.25, 0.3) is 22.4 Å². The third kappa shape index (κ3) is 9.03. The molecule has 1 aromatic heterocycles. The van der Waals surface area contributed by atoms with E-state index >= 15 is 0 Å². The van der Waals surface area contributed by atoms with E-state index < -0.39 is 28.0 Å². The predicted molar refractivity (Wildman–Crippen MR) is 153 cm³/mol. The Bertz CT molecular complexity index is 1410. The van der Waals surface area contributed by atoms with Crippen LogP contribution in [0.3, 0.4) is 0 Å². The number of benzene rings is 2. The number of aryl methyl sites for hydroxylation is 1. The molecule has 0 aliphatic carbocycles. The fraction of sp³-hybridized carbons (Fsp3) is 0.308. The summed E-state index contributed by atoms with van der Waals surface area (Å²) in [7, 11) is -1.34. The summed E-state index contributed by atoms with van der Waals surface area (Å²) in [5, 5.41) is 15.6.